The van der Waals surface area contributed by atoms with E-state index in [1.807, 2.05) is 17.8 Å². The molecule has 2 amide bonds. The van der Waals surface area contributed by atoms with Crippen LogP contribution < -0.4 is 5.32 Å². The molecule has 1 saturated heterocycles. The zero-order chi connectivity index (χ0) is 18.0. The van der Waals surface area contributed by atoms with Crippen LogP contribution in [0.3, 0.4) is 0 Å². The monoisotopic (exact) mass is 348 g/mol. The predicted molar refractivity (Wildman–Crippen MR) is 90.1 cm³/mol. The van der Waals surface area contributed by atoms with Crippen LogP contribution in [0.1, 0.15) is 43.0 Å². The molecule has 2 heterocycles. The van der Waals surface area contributed by atoms with Crippen molar-refractivity contribution in [1.29, 1.82) is 0 Å². The van der Waals surface area contributed by atoms with Crippen LogP contribution in [-0.2, 0) is 0 Å². The molecule has 1 aromatic carbocycles. The summed E-state index contributed by atoms with van der Waals surface area (Å²) in [5.74, 6) is -1.83. The summed E-state index contributed by atoms with van der Waals surface area (Å²) in [4.78, 5) is 14.2. The van der Waals surface area contributed by atoms with Crippen molar-refractivity contribution in [1.82, 2.24) is 20.0 Å². The maximum Gasteiger partial charge on any atom is 0.317 e. The second-order valence-corrected chi connectivity index (χ2v) is 6.55. The molecule has 1 fully saturated rings. The average molecular weight is 348 g/mol. The van der Waals surface area contributed by atoms with Crippen LogP contribution in [0.2, 0.25) is 0 Å². The quantitative estimate of drug-likeness (QED) is 0.922. The molecular formula is C18H22F2N4O. The van der Waals surface area contributed by atoms with Crippen LogP contribution in [0.25, 0.3) is 0 Å². The van der Waals surface area contributed by atoms with Gasteiger partial charge >= 0.3 is 6.03 Å². The Morgan fingerprint density at radius 1 is 1.40 bits per heavy atom. The zero-order valence-electron chi connectivity index (χ0n) is 14.4. The highest BCUT2D eigenvalue weighted by Gasteiger charge is 2.26. The van der Waals surface area contributed by atoms with E-state index in [0.29, 0.717) is 13.1 Å². The Morgan fingerprint density at radius 2 is 2.20 bits per heavy atom. The summed E-state index contributed by atoms with van der Waals surface area (Å²) in [5.41, 5.74) is 1.22. The molecule has 25 heavy (non-hydrogen) atoms. The van der Waals surface area contributed by atoms with E-state index in [9.17, 15) is 13.6 Å². The Balaban J connectivity index is 1.65. The number of piperidine rings is 1. The number of halogens is 2. The molecule has 0 bridgehead atoms. The molecular weight excluding hydrogens is 326 g/mol. The second-order valence-electron chi connectivity index (χ2n) is 6.55. The van der Waals surface area contributed by atoms with Gasteiger partial charge in [0.1, 0.15) is 0 Å². The van der Waals surface area contributed by atoms with Crippen molar-refractivity contribution >= 4 is 6.03 Å². The molecule has 7 heteroatoms. The predicted octanol–water partition coefficient (Wildman–Crippen LogP) is 3.58. The third-order valence-corrected chi connectivity index (χ3v) is 4.58. The maximum absolute atomic E-state index is 13.9. The Hall–Kier alpha value is -2.44. The Labute approximate surface area is 145 Å². The molecule has 1 aliphatic heterocycles. The molecule has 2 atom stereocenters. The van der Waals surface area contributed by atoms with Crippen molar-refractivity contribution in [2.45, 2.75) is 38.8 Å². The first-order chi connectivity index (χ1) is 12.0. The van der Waals surface area contributed by atoms with Crippen LogP contribution in [0, 0.1) is 18.6 Å². The average Bonchev–Trinajstić information content (AvgIpc) is 3.04. The van der Waals surface area contributed by atoms with Crippen molar-refractivity contribution in [3.05, 3.63) is 53.4 Å². The summed E-state index contributed by atoms with van der Waals surface area (Å²) in [7, 11) is 0. The van der Waals surface area contributed by atoms with Gasteiger partial charge in [0.05, 0.1) is 18.3 Å². The van der Waals surface area contributed by atoms with E-state index in [4.69, 9.17) is 0 Å². The zero-order valence-corrected chi connectivity index (χ0v) is 14.4. The molecule has 134 valence electrons. The van der Waals surface area contributed by atoms with Gasteiger partial charge in [-0.15, -0.1) is 0 Å². The standard InChI is InChI=1S/C18H22F2N4O/c1-12-9-21-24(10-12)14-5-4-8-23(11-14)18(25)22-13(2)15-6-3-7-16(19)17(15)20/h3,6-7,9-10,13-14H,4-5,8,11H2,1-2H3,(H,22,25)/t13-,14-/m1/s1. The first-order valence-electron chi connectivity index (χ1n) is 8.46. The highest BCUT2D eigenvalue weighted by molar-refractivity contribution is 5.74. The number of rotatable bonds is 3. The van der Waals surface area contributed by atoms with Gasteiger partial charge in [0, 0.05) is 24.8 Å². The number of benzene rings is 1. The molecule has 2 aromatic rings. The fraction of sp³-hybridized carbons (Fsp3) is 0.444. The summed E-state index contributed by atoms with van der Waals surface area (Å²) in [6, 6.07) is 3.23. The van der Waals surface area contributed by atoms with Gasteiger partial charge in [-0.05, 0) is 38.3 Å². The smallest absolute Gasteiger partial charge is 0.317 e. The van der Waals surface area contributed by atoms with Gasteiger partial charge < -0.3 is 10.2 Å². The van der Waals surface area contributed by atoms with Crippen molar-refractivity contribution in [2.75, 3.05) is 13.1 Å². The van der Waals surface area contributed by atoms with E-state index < -0.39 is 17.7 Å². The molecule has 1 N–H and O–H groups in total. The lowest BCUT2D eigenvalue weighted by Gasteiger charge is -2.33. The molecule has 0 saturated carbocycles. The Bertz CT molecular complexity index is 761. The highest BCUT2D eigenvalue weighted by atomic mass is 19.2. The number of carbonyl (C=O) groups is 1. The summed E-state index contributed by atoms with van der Waals surface area (Å²) < 4.78 is 29.1. The van der Waals surface area contributed by atoms with Crippen molar-refractivity contribution < 1.29 is 13.6 Å². The van der Waals surface area contributed by atoms with E-state index in [0.717, 1.165) is 24.5 Å². The number of hydrogen-bond donors (Lipinski definition) is 1. The van der Waals surface area contributed by atoms with E-state index in [1.165, 1.54) is 12.1 Å². The van der Waals surface area contributed by atoms with Gasteiger partial charge in [-0.3, -0.25) is 4.68 Å². The summed E-state index contributed by atoms with van der Waals surface area (Å²) in [6.45, 7) is 4.81. The van der Waals surface area contributed by atoms with Gasteiger partial charge in [-0.2, -0.15) is 5.10 Å². The van der Waals surface area contributed by atoms with Crippen LogP contribution >= 0.6 is 0 Å². The van der Waals surface area contributed by atoms with Crippen LogP contribution in [0.5, 0.6) is 0 Å². The minimum Gasteiger partial charge on any atom is -0.331 e. The lowest BCUT2D eigenvalue weighted by atomic mass is 10.1. The van der Waals surface area contributed by atoms with Gasteiger partial charge in [-0.1, -0.05) is 12.1 Å². The summed E-state index contributed by atoms with van der Waals surface area (Å²) in [5, 5.41) is 7.09. The maximum atomic E-state index is 13.9. The largest absolute Gasteiger partial charge is 0.331 e. The fourth-order valence-corrected chi connectivity index (χ4v) is 3.20. The van der Waals surface area contributed by atoms with Crippen LogP contribution in [-0.4, -0.2) is 33.8 Å². The number of aromatic nitrogens is 2. The number of carbonyl (C=O) groups excluding carboxylic acids is 1. The van der Waals surface area contributed by atoms with Gasteiger partial charge in [0.15, 0.2) is 11.6 Å². The number of nitrogens with one attached hydrogen (secondary N) is 1. The minimum absolute atomic E-state index is 0.134. The normalized spacial score (nSPS) is 18.9. The topological polar surface area (TPSA) is 50.2 Å². The molecule has 0 aliphatic carbocycles. The summed E-state index contributed by atoms with van der Waals surface area (Å²) in [6.07, 6.45) is 5.60. The molecule has 5 nitrogen and oxygen atoms in total. The number of likely N-dealkylation sites (tertiary alicyclic amines) is 1. The van der Waals surface area contributed by atoms with Crippen LogP contribution in [0.15, 0.2) is 30.6 Å². The molecule has 0 radical (unpaired) electrons. The molecule has 1 aliphatic rings. The van der Waals surface area contributed by atoms with E-state index in [-0.39, 0.29) is 17.6 Å². The third kappa shape index (κ3) is 3.81. The first-order valence-corrected chi connectivity index (χ1v) is 8.46. The third-order valence-electron chi connectivity index (χ3n) is 4.58. The van der Waals surface area contributed by atoms with E-state index >= 15 is 0 Å². The van der Waals surface area contributed by atoms with Crippen molar-refractivity contribution in [3.63, 3.8) is 0 Å². The van der Waals surface area contributed by atoms with Crippen molar-refractivity contribution in [3.8, 4) is 0 Å². The van der Waals surface area contributed by atoms with E-state index in [1.54, 1.807) is 18.0 Å². The van der Waals surface area contributed by atoms with Gasteiger partial charge in [0.2, 0.25) is 0 Å². The van der Waals surface area contributed by atoms with E-state index in [2.05, 4.69) is 10.4 Å². The number of amides is 2. The van der Waals surface area contributed by atoms with Gasteiger partial charge in [-0.25, -0.2) is 13.6 Å². The lowest BCUT2D eigenvalue weighted by molar-refractivity contribution is 0.160. The lowest BCUT2D eigenvalue weighted by Crippen LogP contribution is -2.46. The van der Waals surface area contributed by atoms with Gasteiger partial charge in [0.25, 0.3) is 0 Å². The number of nitrogens with zero attached hydrogens (tertiary/aromatic N) is 3. The Kier molecular flexibility index (Phi) is 5.01. The highest BCUT2D eigenvalue weighted by Crippen LogP contribution is 2.23. The minimum atomic E-state index is -0.918. The molecule has 1 aromatic heterocycles. The Morgan fingerprint density at radius 3 is 2.92 bits per heavy atom. The molecule has 0 spiro atoms. The molecule has 0 unspecified atom stereocenters. The number of aryl methyl sites for hydroxylation is 1. The van der Waals surface area contributed by atoms with Crippen LogP contribution in [0.4, 0.5) is 13.6 Å². The first kappa shape index (κ1) is 17.4. The number of hydrogen-bond acceptors (Lipinski definition) is 2. The fourth-order valence-electron chi connectivity index (χ4n) is 3.20. The summed E-state index contributed by atoms with van der Waals surface area (Å²) >= 11 is 0. The SMILES string of the molecule is Cc1cnn([C@@H]2CCCN(C(=O)N[C@H](C)c3cccc(F)c3F)C2)c1. The molecule has 3 rings (SSSR count). The second kappa shape index (κ2) is 7.21. The number of urea groups is 1. The van der Waals surface area contributed by atoms with Crippen molar-refractivity contribution in [2.24, 2.45) is 0 Å².